The number of carbonyl (C=O) groups is 3. The van der Waals surface area contributed by atoms with Crippen LogP contribution in [0.1, 0.15) is 70.6 Å². The van der Waals surface area contributed by atoms with Crippen molar-refractivity contribution >= 4 is 40.9 Å². The standard InChI is InChI=1S/C26H38Cl2FN3O4/c27-18-3-1-16(2-4-18)14-32-23(34)15-31(22-6-5-19(28)11-21(22)29)25(36)26(32)12-17(13-26)24(35)30-9-7-20(33)8-10-30/h16-22,33H,1-15H2. The number of carbonyl (C=O) groups excluding carboxylic acids is 3. The van der Waals surface area contributed by atoms with Crippen LogP contribution in [0.15, 0.2) is 0 Å². The molecule has 5 rings (SSSR count). The van der Waals surface area contributed by atoms with E-state index < -0.39 is 17.8 Å². The summed E-state index contributed by atoms with van der Waals surface area (Å²) < 4.78 is 15.0. The molecule has 0 aromatic heterocycles. The fraction of sp³-hybridized carbons (Fsp3) is 0.885. The first-order chi connectivity index (χ1) is 17.2. The zero-order chi connectivity index (χ0) is 25.6. The summed E-state index contributed by atoms with van der Waals surface area (Å²) in [4.78, 5) is 45.8. The summed E-state index contributed by atoms with van der Waals surface area (Å²) in [6.45, 7) is 1.41. The van der Waals surface area contributed by atoms with Gasteiger partial charge in [0.25, 0.3) is 0 Å². The number of amides is 3. The molecular weight excluding hydrogens is 508 g/mol. The van der Waals surface area contributed by atoms with Crippen molar-refractivity contribution in [3.05, 3.63) is 0 Å². The molecule has 0 bridgehead atoms. The van der Waals surface area contributed by atoms with Crippen molar-refractivity contribution in [3.63, 3.8) is 0 Å². The first kappa shape index (κ1) is 26.5. The molecule has 5 fully saturated rings. The fourth-order valence-corrected chi connectivity index (χ4v) is 7.65. The number of alkyl halides is 3. The van der Waals surface area contributed by atoms with Gasteiger partial charge in [-0.2, -0.15) is 0 Å². The van der Waals surface area contributed by atoms with Gasteiger partial charge in [0.15, 0.2) is 0 Å². The van der Waals surface area contributed by atoms with Gasteiger partial charge in [-0.15, -0.1) is 23.2 Å². The number of likely N-dealkylation sites (tertiary alicyclic amines) is 1. The Balaban J connectivity index is 1.34. The Hall–Kier alpha value is -1.12. The lowest BCUT2D eigenvalue weighted by Crippen LogP contribution is -2.76. The highest BCUT2D eigenvalue weighted by Crippen LogP contribution is 2.49. The van der Waals surface area contributed by atoms with E-state index in [-0.39, 0.29) is 59.4 Å². The number of rotatable bonds is 4. The van der Waals surface area contributed by atoms with E-state index >= 15 is 4.39 Å². The molecule has 0 aromatic rings. The molecule has 5 aliphatic rings. The number of nitrogens with zero attached hydrogens (tertiary/aromatic N) is 3. The monoisotopic (exact) mass is 545 g/mol. The van der Waals surface area contributed by atoms with Crippen LogP contribution in [-0.4, -0.2) is 98.3 Å². The molecule has 1 spiro atoms. The van der Waals surface area contributed by atoms with Crippen LogP contribution in [0.5, 0.6) is 0 Å². The quantitative estimate of drug-likeness (QED) is 0.550. The average Bonchev–Trinajstić information content (AvgIpc) is 2.82. The lowest BCUT2D eigenvalue weighted by atomic mass is 9.64. The van der Waals surface area contributed by atoms with Gasteiger partial charge in [-0.1, -0.05) is 0 Å². The summed E-state index contributed by atoms with van der Waals surface area (Å²) in [5, 5.41) is 9.72. The minimum absolute atomic E-state index is 0.00138. The summed E-state index contributed by atoms with van der Waals surface area (Å²) >= 11 is 12.5. The Morgan fingerprint density at radius 2 is 1.61 bits per heavy atom. The highest BCUT2D eigenvalue weighted by atomic mass is 35.5. The second kappa shape index (κ2) is 10.6. The van der Waals surface area contributed by atoms with Gasteiger partial charge in [0.2, 0.25) is 17.7 Å². The molecule has 2 aliphatic heterocycles. The third-order valence-corrected chi connectivity index (χ3v) is 10.2. The van der Waals surface area contributed by atoms with Gasteiger partial charge in [-0.3, -0.25) is 14.4 Å². The molecule has 3 atom stereocenters. The largest absolute Gasteiger partial charge is 0.393 e. The summed E-state index contributed by atoms with van der Waals surface area (Å²) in [6, 6.07) is -0.638. The van der Waals surface area contributed by atoms with Crippen LogP contribution in [0, 0.1) is 11.8 Å². The number of hydrogen-bond acceptors (Lipinski definition) is 4. The van der Waals surface area contributed by atoms with Crippen molar-refractivity contribution < 1.29 is 23.9 Å². The fourth-order valence-electron chi connectivity index (χ4n) is 7.10. The smallest absolute Gasteiger partial charge is 0.249 e. The number of aliphatic hydroxyl groups excluding tert-OH is 1. The highest BCUT2D eigenvalue weighted by Gasteiger charge is 2.63. The van der Waals surface area contributed by atoms with Gasteiger partial charge in [0, 0.05) is 36.3 Å². The van der Waals surface area contributed by atoms with Crippen molar-refractivity contribution in [2.75, 3.05) is 26.2 Å². The van der Waals surface area contributed by atoms with E-state index in [0.717, 1.165) is 25.7 Å². The molecule has 3 aliphatic carbocycles. The molecule has 36 heavy (non-hydrogen) atoms. The normalized spacial score (nSPS) is 40.5. The van der Waals surface area contributed by atoms with Crippen molar-refractivity contribution in [1.29, 1.82) is 0 Å². The second-order valence-electron chi connectivity index (χ2n) is 11.7. The van der Waals surface area contributed by atoms with E-state index in [2.05, 4.69) is 0 Å². The van der Waals surface area contributed by atoms with Crippen molar-refractivity contribution in [1.82, 2.24) is 14.7 Å². The third kappa shape index (κ3) is 4.98. The molecule has 3 saturated carbocycles. The molecule has 3 amide bonds. The molecule has 3 unspecified atom stereocenters. The number of aliphatic hydroxyl groups is 1. The van der Waals surface area contributed by atoms with Gasteiger partial charge >= 0.3 is 0 Å². The number of piperidine rings is 1. The molecule has 202 valence electrons. The van der Waals surface area contributed by atoms with Crippen LogP contribution < -0.4 is 0 Å². The zero-order valence-electron chi connectivity index (χ0n) is 20.8. The maximum absolute atomic E-state index is 15.0. The lowest BCUT2D eigenvalue weighted by Gasteiger charge is -2.59. The maximum Gasteiger partial charge on any atom is 0.249 e. The highest BCUT2D eigenvalue weighted by molar-refractivity contribution is 6.20. The average molecular weight is 547 g/mol. The molecular formula is C26H38Cl2FN3O4. The van der Waals surface area contributed by atoms with Gasteiger partial charge in [0.1, 0.15) is 18.3 Å². The minimum atomic E-state index is -1.25. The van der Waals surface area contributed by atoms with E-state index in [4.69, 9.17) is 23.2 Å². The van der Waals surface area contributed by atoms with Crippen LogP contribution in [0.2, 0.25) is 0 Å². The summed E-state index contributed by atoms with van der Waals surface area (Å²) in [5.74, 6) is -0.405. The minimum Gasteiger partial charge on any atom is -0.393 e. The molecule has 2 saturated heterocycles. The van der Waals surface area contributed by atoms with E-state index in [1.807, 2.05) is 0 Å². The molecule has 0 aromatic carbocycles. The first-order valence-electron chi connectivity index (χ1n) is 13.7. The van der Waals surface area contributed by atoms with Crippen molar-refractivity contribution in [3.8, 4) is 0 Å². The number of halogens is 3. The SMILES string of the molecule is O=C(C1CC2(C1)C(=O)N(C1CCC(Cl)CC1F)CC(=O)N2CC1CCC(Cl)CC1)N1CCC(O)CC1. The van der Waals surface area contributed by atoms with E-state index in [1.165, 1.54) is 4.90 Å². The summed E-state index contributed by atoms with van der Waals surface area (Å²) in [5.41, 5.74) is -1.07. The number of piperazine rings is 1. The van der Waals surface area contributed by atoms with Crippen molar-refractivity contribution in [2.24, 2.45) is 11.8 Å². The van der Waals surface area contributed by atoms with Crippen LogP contribution in [0.25, 0.3) is 0 Å². The Kier molecular flexibility index (Phi) is 7.77. The Morgan fingerprint density at radius 1 is 0.972 bits per heavy atom. The predicted octanol–water partition coefficient (Wildman–Crippen LogP) is 3.08. The lowest BCUT2D eigenvalue weighted by molar-refractivity contribution is -0.185. The van der Waals surface area contributed by atoms with Crippen LogP contribution in [0.4, 0.5) is 4.39 Å². The van der Waals surface area contributed by atoms with E-state index in [0.29, 0.717) is 58.2 Å². The Labute approximate surface area is 222 Å². The topological polar surface area (TPSA) is 81.2 Å². The van der Waals surface area contributed by atoms with Gasteiger partial charge in [0.05, 0.1) is 12.1 Å². The third-order valence-electron chi connectivity index (χ3n) is 9.37. The number of hydrogen-bond donors (Lipinski definition) is 1. The summed E-state index contributed by atoms with van der Waals surface area (Å²) in [7, 11) is 0. The summed E-state index contributed by atoms with van der Waals surface area (Å²) in [6.07, 6.45) is 4.95. The van der Waals surface area contributed by atoms with Crippen LogP contribution in [0.3, 0.4) is 0 Å². The predicted molar refractivity (Wildman–Crippen MR) is 134 cm³/mol. The van der Waals surface area contributed by atoms with Gasteiger partial charge in [-0.05, 0) is 76.5 Å². The second-order valence-corrected chi connectivity index (χ2v) is 13.0. The first-order valence-corrected chi connectivity index (χ1v) is 14.6. The van der Waals surface area contributed by atoms with Crippen molar-refractivity contribution in [2.45, 2.75) is 105 Å². The van der Waals surface area contributed by atoms with E-state index in [1.54, 1.807) is 9.80 Å². The van der Waals surface area contributed by atoms with Crippen LogP contribution in [-0.2, 0) is 14.4 Å². The molecule has 2 heterocycles. The molecule has 0 radical (unpaired) electrons. The Bertz CT molecular complexity index is 856. The van der Waals surface area contributed by atoms with Gasteiger partial charge in [-0.25, -0.2) is 4.39 Å². The molecule has 10 heteroatoms. The molecule has 7 nitrogen and oxygen atoms in total. The zero-order valence-corrected chi connectivity index (χ0v) is 22.3. The van der Waals surface area contributed by atoms with E-state index in [9.17, 15) is 19.5 Å². The van der Waals surface area contributed by atoms with Gasteiger partial charge < -0.3 is 19.8 Å². The maximum atomic E-state index is 15.0. The van der Waals surface area contributed by atoms with Crippen LogP contribution >= 0.6 is 23.2 Å². The Morgan fingerprint density at radius 3 is 2.25 bits per heavy atom. The molecule has 1 N–H and O–H groups in total.